The first-order valence-electron chi connectivity index (χ1n) is 10.6. The Balaban J connectivity index is 2.21. The number of rotatable bonds is 11. The molecule has 0 fully saturated rings. The summed E-state index contributed by atoms with van der Waals surface area (Å²) in [5, 5.41) is 10.1. The van der Waals surface area contributed by atoms with Gasteiger partial charge in [-0.25, -0.2) is 0 Å². The number of hydrogen-bond acceptors (Lipinski definition) is 2. The van der Waals surface area contributed by atoms with Crippen molar-refractivity contribution >= 4 is 6.21 Å². The van der Waals surface area contributed by atoms with Crippen molar-refractivity contribution in [2.24, 2.45) is 10.9 Å². The fourth-order valence-corrected chi connectivity index (χ4v) is 3.98. The molecular weight excluding hydrogens is 342 g/mol. The van der Waals surface area contributed by atoms with Crippen molar-refractivity contribution < 1.29 is 5.11 Å². The van der Waals surface area contributed by atoms with Gasteiger partial charge < -0.3 is 5.11 Å². The zero-order chi connectivity index (χ0) is 20.2. The Morgan fingerprint density at radius 3 is 2.57 bits per heavy atom. The van der Waals surface area contributed by atoms with Gasteiger partial charge in [0.25, 0.3) is 0 Å². The Morgan fingerprint density at radius 1 is 1.11 bits per heavy atom. The van der Waals surface area contributed by atoms with Gasteiger partial charge in [-0.05, 0) is 61.6 Å². The van der Waals surface area contributed by atoms with Gasteiger partial charge in [-0.2, -0.15) is 0 Å². The minimum atomic E-state index is -0.0441. The molecule has 2 rings (SSSR count). The van der Waals surface area contributed by atoms with E-state index in [4.69, 9.17) is 4.99 Å². The third-order valence-corrected chi connectivity index (χ3v) is 5.71. The fourth-order valence-electron chi connectivity index (χ4n) is 3.98. The molecule has 2 aromatic carbocycles. The molecule has 0 amide bonds. The molecule has 1 N–H and O–H groups in total. The van der Waals surface area contributed by atoms with Crippen LogP contribution in [0.2, 0.25) is 0 Å². The molecular formula is C26H35NO. The topological polar surface area (TPSA) is 32.6 Å². The van der Waals surface area contributed by atoms with Crippen molar-refractivity contribution in [1.82, 2.24) is 0 Å². The lowest BCUT2D eigenvalue weighted by Crippen LogP contribution is -2.33. The monoisotopic (exact) mass is 377 g/mol. The van der Waals surface area contributed by atoms with E-state index in [1.807, 2.05) is 18.2 Å². The maximum absolute atomic E-state index is 10.1. The lowest BCUT2D eigenvalue weighted by molar-refractivity contribution is 0.312. The highest BCUT2D eigenvalue weighted by molar-refractivity contribution is 5.61. The number of nitrogens with zero attached hydrogens (tertiary/aromatic N) is 1. The molecule has 0 spiro atoms. The van der Waals surface area contributed by atoms with E-state index < -0.39 is 0 Å². The van der Waals surface area contributed by atoms with E-state index in [9.17, 15) is 5.11 Å². The quantitative estimate of drug-likeness (QED) is 0.341. The molecule has 28 heavy (non-hydrogen) atoms. The molecule has 150 valence electrons. The van der Waals surface area contributed by atoms with Gasteiger partial charge in [-0.1, -0.05) is 81.3 Å². The smallest absolute Gasteiger partial charge is 0.115 e. The first-order valence-corrected chi connectivity index (χ1v) is 10.6. The summed E-state index contributed by atoms with van der Waals surface area (Å²) in [6.07, 6.45) is 11.8. The Hall–Kier alpha value is -2.35. The van der Waals surface area contributed by atoms with Crippen LogP contribution in [0.3, 0.4) is 0 Å². The predicted molar refractivity (Wildman–Crippen MR) is 121 cm³/mol. The maximum Gasteiger partial charge on any atom is 0.115 e. The summed E-state index contributed by atoms with van der Waals surface area (Å²) < 4.78 is 0. The zero-order valence-corrected chi connectivity index (χ0v) is 17.6. The number of unbranched alkanes of at least 4 members (excludes halogenated alkanes) is 1. The minimum absolute atomic E-state index is 0.0441. The molecule has 2 atom stereocenters. The fraction of sp³-hybridized carbons (Fsp3) is 0.423. The van der Waals surface area contributed by atoms with Gasteiger partial charge in [0.2, 0.25) is 0 Å². The Kier molecular flexibility index (Phi) is 9.00. The summed E-state index contributed by atoms with van der Waals surface area (Å²) in [4.78, 5) is 4.74. The van der Waals surface area contributed by atoms with Crippen molar-refractivity contribution in [3.63, 3.8) is 0 Å². The lowest BCUT2D eigenvalue weighted by Gasteiger charge is -2.38. The maximum atomic E-state index is 10.1. The number of phenols is 1. The molecule has 2 unspecified atom stereocenters. The van der Waals surface area contributed by atoms with E-state index in [0.717, 1.165) is 38.6 Å². The third kappa shape index (κ3) is 6.09. The normalized spacial score (nSPS) is 15.1. The second-order valence-electron chi connectivity index (χ2n) is 7.65. The molecule has 0 bridgehead atoms. The van der Waals surface area contributed by atoms with Gasteiger partial charge in [-0.3, -0.25) is 4.99 Å². The highest BCUT2D eigenvalue weighted by Crippen LogP contribution is 2.42. The second kappa shape index (κ2) is 11.5. The second-order valence-corrected chi connectivity index (χ2v) is 7.65. The van der Waals surface area contributed by atoms with Gasteiger partial charge in [0.05, 0.1) is 0 Å². The zero-order valence-electron chi connectivity index (χ0n) is 17.6. The number of allylic oxidation sites excluding steroid dienone is 2. The van der Waals surface area contributed by atoms with Gasteiger partial charge in [0.1, 0.15) is 5.75 Å². The number of phenolic OH excluding ortho intramolecular Hbond substituents is 1. The van der Waals surface area contributed by atoms with Crippen molar-refractivity contribution in [2.45, 2.75) is 58.3 Å². The average molecular weight is 378 g/mol. The third-order valence-electron chi connectivity index (χ3n) is 5.71. The van der Waals surface area contributed by atoms with E-state index in [2.05, 4.69) is 69.5 Å². The van der Waals surface area contributed by atoms with E-state index in [0.29, 0.717) is 11.7 Å². The van der Waals surface area contributed by atoms with E-state index in [-0.39, 0.29) is 5.41 Å². The van der Waals surface area contributed by atoms with Crippen molar-refractivity contribution in [1.29, 1.82) is 0 Å². The first-order chi connectivity index (χ1) is 13.6. The van der Waals surface area contributed by atoms with Crippen LogP contribution in [0, 0.1) is 5.92 Å². The largest absolute Gasteiger partial charge is 0.508 e. The first kappa shape index (κ1) is 21.9. The van der Waals surface area contributed by atoms with Crippen molar-refractivity contribution in [3.8, 4) is 5.75 Å². The van der Waals surface area contributed by atoms with E-state index in [1.165, 1.54) is 11.1 Å². The number of aromatic hydroxyl groups is 1. The van der Waals surface area contributed by atoms with Crippen LogP contribution in [0.25, 0.3) is 0 Å². The molecule has 0 aromatic heterocycles. The van der Waals surface area contributed by atoms with Crippen LogP contribution in [0.1, 0.15) is 57.6 Å². The lowest BCUT2D eigenvalue weighted by atomic mass is 9.66. The van der Waals surface area contributed by atoms with Crippen LogP contribution in [0.5, 0.6) is 5.75 Å². The minimum Gasteiger partial charge on any atom is -0.508 e. The van der Waals surface area contributed by atoms with Crippen LogP contribution < -0.4 is 0 Å². The number of hydrogen-bond donors (Lipinski definition) is 1. The van der Waals surface area contributed by atoms with Crippen molar-refractivity contribution in [3.05, 3.63) is 77.9 Å². The van der Waals surface area contributed by atoms with Gasteiger partial charge >= 0.3 is 0 Å². The summed E-state index contributed by atoms with van der Waals surface area (Å²) in [6.45, 7) is 7.42. The molecule has 0 aliphatic carbocycles. The van der Waals surface area contributed by atoms with Crippen LogP contribution in [0.15, 0.2) is 71.7 Å². The summed E-state index contributed by atoms with van der Waals surface area (Å²) in [7, 11) is 0. The molecule has 0 aliphatic rings. The molecule has 2 aromatic rings. The summed E-state index contributed by atoms with van der Waals surface area (Å²) in [6, 6.07) is 18.3. The predicted octanol–water partition coefficient (Wildman–Crippen LogP) is 6.74. The highest BCUT2D eigenvalue weighted by atomic mass is 16.3. The SMILES string of the molecule is C/C=C\C(C)C(CC=NCCc1ccccc1)(CCCC)c1cccc(O)c1. The standard InChI is InChI=1S/C26H35NO/c1-4-6-17-26(22(3)11-5-2,24-14-10-15-25(28)21-24)18-20-27-19-16-23-12-8-7-9-13-23/h5,7-15,20-22,28H,4,6,16-19H2,1-3H3/b11-5-,27-20?. The van der Waals surface area contributed by atoms with E-state index >= 15 is 0 Å². The molecule has 2 nitrogen and oxygen atoms in total. The molecule has 0 saturated carbocycles. The Morgan fingerprint density at radius 2 is 1.89 bits per heavy atom. The van der Waals surface area contributed by atoms with Crippen molar-refractivity contribution in [2.75, 3.05) is 6.54 Å². The van der Waals surface area contributed by atoms with Crippen LogP contribution in [-0.4, -0.2) is 17.9 Å². The molecule has 0 radical (unpaired) electrons. The van der Waals surface area contributed by atoms with E-state index in [1.54, 1.807) is 6.07 Å². The van der Waals surface area contributed by atoms with Crippen LogP contribution >= 0.6 is 0 Å². The molecule has 0 aliphatic heterocycles. The van der Waals surface area contributed by atoms with Gasteiger partial charge in [0, 0.05) is 12.0 Å². The molecule has 2 heteroatoms. The van der Waals surface area contributed by atoms with Gasteiger partial charge in [0.15, 0.2) is 0 Å². The summed E-state index contributed by atoms with van der Waals surface area (Å²) in [5.41, 5.74) is 2.49. The molecule has 0 saturated heterocycles. The molecule has 0 heterocycles. The Bertz CT molecular complexity index is 750. The number of aliphatic imine (C=N–C) groups is 1. The summed E-state index contributed by atoms with van der Waals surface area (Å²) in [5.74, 6) is 0.707. The summed E-state index contributed by atoms with van der Waals surface area (Å²) >= 11 is 0. The van der Waals surface area contributed by atoms with Gasteiger partial charge in [-0.15, -0.1) is 0 Å². The number of benzene rings is 2. The van der Waals surface area contributed by atoms with Crippen LogP contribution in [0.4, 0.5) is 0 Å². The average Bonchev–Trinajstić information content (AvgIpc) is 2.71. The Labute approximate surface area is 171 Å². The highest BCUT2D eigenvalue weighted by Gasteiger charge is 2.35. The van der Waals surface area contributed by atoms with Crippen LogP contribution in [-0.2, 0) is 11.8 Å².